The molecule has 5 nitrogen and oxygen atoms in total. The average molecular weight is 355 g/mol. The van der Waals surface area contributed by atoms with Crippen molar-refractivity contribution in [1.29, 1.82) is 0 Å². The van der Waals surface area contributed by atoms with E-state index in [9.17, 15) is 4.79 Å². The van der Waals surface area contributed by atoms with Gasteiger partial charge in [0.05, 0.1) is 16.6 Å². The molecule has 1 saturated carbocycles. The fraction of sp³-hybridized carbons (Fsp3) is 0.316. The van der Waals surface area contributed by atoms with E-state index in [1.165, 1.54) is 0 Å². The van der Waals surface area contributed by atoms with Crippen molar-refractivity contribution >= 4 is 34.2 Å². The summed E-state index contributed by atoms with van der Waals surface area (Å²) in [5.41, 5.74) is 4.82. The van der Waals surface area contributed by atoms with Crippen molar-refractivity contribution in [2.45, 2.75) is 32.6 Å². The van der Waals surface area contributed by atoms with Gasteiger partial charge < -0.3 is 5.32 Å². The lowest BCUT2D eigenvalue weighted by Crippen LogP contribution is -2.13. The number of anilines is 1. The highest BCUT2D eigenvalue weighted by molar-refractivity contribution is 6.31. The molecule has 3 aromatic rings. The molecular weight excluding hydrogens is 336 g/mol. The number of aromatic nitrogens is 3. The second-order valence-corrected chi connectivity index (χ2v) is 7.10. The maximum absolute atomic E-state index is 13.0. The van der Waals surface area contributed by atoms with Crippen LogP contribution in [0.2, 0.25) is 5.02 Å². The monoisotopic (exact) mass is 354 g/mol. The summed E-state index contributed by atoms with van der Waals surface area (Å²) >= 11 is 6.17. The topological polar surface area (TPSA) is 59.8 Å². The highest BCUT2D eigenvalue weighted by Crippen LogP contribution is 2.40. The van der Waals surface area contributed by atoms with Crippen molar-refractivity contribution in [3.05, 3.63) is 51.8 Å². The summed E-state index contributed by atoms with van der Waals surface area (Å²) in [4.78, 5) is 17.7. The van der Waals surface area contributed by atoms with Crippen molar-refractivity contribution in [2.75, 3.05) is 5.32 Å². The number of benzene rings is 1. The van der Waals surface area contributed by atoms with E-state index in [0.29, 0.717) is 22.2 Å². The van der Waals surface area contributed by atoms with Gasteiger partial charge in [0.15, 0.2) is 5.65 Å². The standard InChI is InChI=1S/C19H19ClN4O/c1-10-4-7-13(8-15(10)20)21-19(25)14-9-16(12-5-6-12)22-18-17(14)11(2)23-24(18)3/h4,7-9,12H,5-6H2,1-3H3,(H,21,25). The molecule has 1 aliphatic carbocycles. The number of nitrogens with zero attached hydrogens (tertiary/aromatic N) is 3. The van der Waals surface area contributed by atoms with Crippen LogP contribution in [0.5, 0.6) is 0 Å². The van der Waals surface area contributed by atoms with Gasteiger partial charge in [-0.2, -0.15) is 5.10 Å². The van der Waals surface area contributed by atoms with Crippen LogP contribution >= 0.6 is 11.6 Å². The normalized spacial score (nSPS) is 14.1. The van der Waals surface area contributed by atoms with Crippen molar-refractivity contribution in [3.63, 3.8) is 0 Å². The van der Waals surface area contributed by atoms with E-state index in [-0.39, 0.29) is 5.91 Å². The zero-order valence-electron chi connectivity index (χ0n) is 14.4. The number of carbonyl (C=O) groups excluding carboxylic acids is 1. The molecule has 0 bridgehead atoms. The number of hydrogen-bond acceptors (Lipinski definition) is 3. The van der Waals surface area contributed by atoms with Crippen molar-refractivity contribution in [1.82, 2.24) is 14.8 Å². The van der Waals surface area contributed by atoms with Crippen LogP contribution < -0.4 is 5.32 Å². The quantitative estimate of drug-likeness (QED) is 0.759. The first-order chi connectivity index (χ1) is 11.9. The molecule has 0 radical (unpaired) electrons. The summed E-state index contributed by atoms with van der Waals surface area (Å²) in [6, 6.07) is 7.44. The maximum Gasteiger partial charge on any atom is 0.256 e. The molecule has 2 heterocycles. The summed E-state index contributed by atoms with van der Waals surface area (Å²) < 4.78 is 1.75. The predicted molar refractivity (Wildman–Crippen MR) is 99.4 cm³/mol. The second-order valence-electron chi connectivity index (χ2n) is 6.69. The Bertz CT molecular complexity index is 1000. The number of carbonyl (C=O) groups is 1. The van der Waals surface area contributed by atoms with E-state index >= 15 is 0 Å². The summed E-state index contributed by atoms with van der Waals surface area (Å²) in [6.45, 7) is 3.83. The van der Waals surface area contributed by atoms with Gasteiger partial charge in [0, 0.05) is 29.4 Å². The molecule has 1 N–H and O–H groups in total. The first kappa shape index (κ1) is 16.1. The van der Waals surface area contributed by atoms with Gasteiger partial charge in [0.25, 0.3) is 5.91 Å². The van der Waals surface area contributed by atoms with E-state index in [1.807, 2.05) is 39.1 Å². The Labute approximate surface area is 151 Å². The highest BCUT2D eigenvalue weighted by Gasteiger charge is 2.28. The van der Waals surface area contributed by atoms with E-state index in [4.69, 9.17) is 16.6 Å². The number of rotatable bonds is 3. The molecule has 0 saturated heterocycles. The number of pyridine rings is 1. The minimum atomic E-state index is -0.162. The number of fused-ring (bicyclic) bond motifs is 1. The van der Waals surface area contributed by atoms with Gasteiger partial charge in [-0.05, 0) is 50.5 Å². The lowest BCUT2D eigenvalue weighted by molar-refractivity contribution is 0.102. The van der Waals surface area contributed by atoms with Gasteiger partial charge in [0.2, 0.25) is 0 Å². The molecule has 1 amide bonds. The molecule has 25 heavy (non-hydrogen) atoms. The molecule has 128 valence electrons. The molecule has 4 rings (SSSR count). The Morgan fingerprint density at radius 2 is 2.04 bits per heavy atom. The minimum Gasteiger partial charge on any atom is -0.322 e. The van der Waals surface area contributed by atoms with Gasteiger partial charge in [0.1, 0.15) is 0 Å². The van der Waals surface area contributed by atoms with Gasteiger partial charge >= 0.3 is 0 Å². The summed E-state index contributed by atoms with van der Waals surface area (Å²) in [5.74, 6) is 0.297. The molecule has 0 aliphatic heterocycles. The SMILES string of the molecule is Cc1ccc(NC(=O)c2cc(C3CC3)nc3c2c(C)nn3C)cc1Cl. The molecule has 2 aromatic heterocycles. The molecule has 6 heteroatoms. The van der Waals surface area contributed by atoms with Crippen LogP contribution in [0.25, 0.3) is 11.0 Å². The van der Waals surface area contributed by atoms with E-state index in [1.54, 1.807) is 10.7 Å². The summed E-state index contributed by atoms with van der Waals surface area (Å²) in [7, 11) is 1.86. The summed E-state index contributed by atoms with van der Waals surface area (Å²) in [6.07, 6.45) is 2.26. The molecule has 0 spiro atoms. The number of halogens is 1. The Morgan fingerprint density at radius 1 is 1.28 bits per heavy atom. The first-order valence-electron chi connectivity index (χ1n) is 8.36. The van der Waals surface area contributed by atoms with Gasteiger partial charge in [-0.25, -0.2) is 4.98 Å². The van der Waals surface area contributed by atoms with Crippen LogP contribution in [0.4, 0.5) is 5.69 Å². The zero-order valence-corrected chi connectivity index (χ0v) is 15.2. The Kier molecular flexibility index (Phi) is 3.76. The van der Waals surface area contributed by atoms with Crippen molar-refractivity contribution in [3.8, 4) is 0 Å². The fourth-order valence-corrected chi connectivity index (χ4v) is 3.28. The van der Waals surface area contributed by atoms with Gasteiger partial charge in [-0.15, -0.1) is 0 Å². The third kappa shape index (κ3) is 2.89. The zero-order chi connectivity index (χ0) is 17.7. The van der Waals surface area contributed by atoms with Crippen LogP contribution in [0.3, 0.4) is 0 Å². The molecule has 1 aromatic carbocycles. The predicted octanol–water partition coefficient (Wildman–Crippen LogP) is 4.37. The number of nitrogens with one attached hydrogen (secondary N) is 1. The molecule has 1 aliphatic rings. The van der Waals surface area contributed by atoms with Crippen LogP contribution in [-0.4, -0.2) is 20.7 Å². The average Bonchev–Trinajstić information content (AvgIpc) is 3.37. The van der Waals surface area contributed by atoms with Crippen LogP contribution in [0.1, 0.15) is 46.1 Å². The third-order valence-electron chi connectivity index (χ3n) is 4.66. The third-order valence-corrected chi connectivity index (χ3v) is 5.07. The van der Waals surface area contributed by atoms with Crippen LogP contribution in [0, 0.1) is 13.8 Å². The largest absolute Gasteiger partial charge is 0.322 e. The van der Waals surface area contributed by atoms with Crippen LogP contribution in [-0.2, 0) is 7.05 Å². The van der Waals surface area contributed by atoms with Crippen LogP contribution in [0.15, 0.2) is 24.3 Å². The minimum absolute atomic E-state index is 0.162. The summed E-state index contributed by atoms with van der Waals surface area (Å²) in [5, 5.41) is 8.83. The highest BCUT2D eigenvalue weighted by atomic mass is 35.5. The lowest BCUT2D eigenvalue weighted by atomic mass is 10.1. The Hall–Kier alpha value is -2.40. The fourth-order valence-electron chi connectivity index (χ4n) is 3.10. The molecule has 0 atom stereocenters. The smallest absolute Gasteiger partial charge is 0.256 e. The molecule has 0 unspecified atom stereocenters. The van der Waals surface area contributed by atoms with Crippen molar-refractivity contribution in [2.24, 2.45) is 7.05 Å². The Balaban J connectivity index is 1.78. The Morgan fingerprint density at radius 3 is 2.72 bits per heavy atom. The number of hydrogen-bond donors (Lipinski definition) is 1. The lowest BCUT2D eigenvalue weighted by Gasteiger charge is -2.10. The molecule has 1 fully saturated rings. The van der Waals surface area contributed by atoms with Gasteiger partial charge in [-0.1, -0.05) is 17.7 Å². The molecular formula is C19H19ClN4O. The van der Waals surface area contributed by atoms with E-state index in [2.05, 4.69) is 10.4 Å². The first-order valence-corrected chi connectivity index (χ1v) is 8.73. The van der Waals surface area contributed by atoms with E-state index in [0.717, 1.165) is 40.8 Å². The van der Waals surface area contributed by atoms with Crippen molar-refractivity contribution < 1.29 is 4.79 Å². The number of amides is 1. The second kappa shape index (κ2) is 5.85. The number of aryl methyl sites for hydroxylation is 3. The van der Waals surface area contributed by atoms with E-state index < -0.39 is 0 Å². The maximum atomic E-state index is 13.0. The van der Waals surface area contributed by atoms with Gasteiger partial charge in [-0.3, -0.25) is 9.48 Å².